The second kappa shape index (κ2) is 10.8. The van der Waals surface area contributed by atoms with Crippen molar-refractivity contribution < 1.29 is 13.3 Å². The van der Waals surface area contributed by atoms with Crippen LogP contribution < -0.4 is 0 Å². The lowest BCUT2D eigenvalue weighted by Crippen LogP contribution is -2.00. The van der Waals surface area contributed by atoms with Gasteiger partial charge in [0.1, 0.15) is 22.2 Å². The molecule has 49 heavy (non-hydrogen) atoms. The molecule has 10 aromatic rings. The Bertz CT molecular complexity index is 2630. The minimum Gasteiger partial charge on any atom is -0.455 e. The summed E-state index contributed by atoms with van der Waals surface area (Å²) in [4.78, 5) is 24.3. The van der Waals surface area contributed by atoms with E-state index in [-0.39, 0.29) is 0 Å². The first-order valence-corrected chi connectivity index (χ1v) is 15.8. The number of para-hydroxylation sites is 6. The third kappa shape index (κ3) is 4.65. The van der Waals surface area contributed by atoms with Gasteiger partial charge >= 0.3 is 0 Å². The number of benzene rings is 6. The SMILES string of the molecule is c1ccc2oc(-c3ccc(-c4nc(-c5ccc(-c6nc7ccccc7o6)cc5)nc(-c5cccc6c5oc5ccccc56)n4)cc3)nc2c1. The Morgan fingerprint density at radius 2 is 0.796 bits per heavy atom. The quantitative estimate of drug-likeness (QED) is 0.184. The van der Waals surface area contributed by atoms with Crippen LogP contribution in [0.4, 0.5) is 0 Å². The molecule has 4 heterocycles. The van der Waals surface area contributed by atoms with Gasteiger partial charge in [-0.25, -0.2) is 24.9 Å². The average molecular weight is 634 g/mol. The van der Waals surface area contributed by atoms with E-state index in [2.05, 4.69) is 22.1 Å². The van der Waals surface area contributed by atoms with Gasteiger partial charge in [0.15, 0.2) is 28.6 Å². The second-order valence-electron chi connectivity index (χ2n) is 11.7. The molecular weight excluding hydrogens is 610 g/mol. The van der Waals surface area contributed by atoms with Crippen LogP contribution in [0.25, 0.3) is 101 Å². The molecule has 0 unspecified atom stereocenters. The van der Waals surface area contributed by atoms with E-state index >= 15 is 0 Å². The Kier molecular flexibility index (Phi) is 6.01. The molecule has 0 fully saturated rings. The lowest BCUT2D eigenvalue weighted by molar-refractivity contribution is 0.619. The first kappa shape index (κ1) is 27.2. The summed E-state index contributed by atoms with van der Waals surface area (Å²) in [6.07, 6.45) is 0. The van der Waals surface area contributed by atoms with Gasteiger partial charge in [0.2, 0.25) is 11.8 Å². The number of nitrogens with zero attached hydrogens (tertiary/aromatic N) is 5. The summed E-state index contributed by atoms with van der Waals surface area (Å²) in [5.74, 6) is 2.68. The zero-order chi connectivity index (χ0) is 32.3. The number of fused-ring (bicyclic) bond motifs is 5. The highest BCUT2D eigenvalue weighted by molar-refractivity contribution is 6.09. The number of rotatable bonds is 5. The van der Waals surface area contributed by atoms with Crippen molar-refractivity contribution >= 4 is 44.1 Å². The largest absolute Gasteiger partial charge is 0.455 e. The number of furan rings is 1. The fourth-order valence-corrected chi connectivity index (χ4v) is 6.19. The van der Waals surface area contributed by atoms with Crippen molar-refractivity contribution in [2.45, 2.75) is 0 Å². The molecule has 0 atom stereocenters. The first-order chi connectivity index (χ1) is 24.2. The minimum atomic E-state index is 0.510. The highest BCUT2D eigenvalue weighted by Gasteiger charge is 2.18. The molecule has 0 N–H and O–H groups in total. The van der Waals surface area contributed by atoms with Crippen molar-refractivity contribution in [3.8, 4) is 57.1 Å². The molecule has 8 nitrogen and oxygen atoms in total. The van der Waals surface area contributed by atoms with Gasteiger partial charge < -0.3 is 13.3 Å². The molecule has 0 aliphatic heterocycles. The predicted molar refractivity (Wildman–Crippen MR) is 189 cm³/mol. The van der Waals surface area contributed by atoms with Gasteiger partial charge in [-0.05, 0) is 60.7 Å². The van der Waals surface area contributed by atoms with E-state index in [9.17, 15) is 0 Å². The molecule has 230 valence electrons. The summed E-state index contributed by atoms with van der Waals surface area (Å²) in [6.45, 7) is 0. The Balaban J connectivity index is 1.09. The van der Waals surface area contributed by atoms with Crippen molar-refractivity contribution in [1.29, 1.82) is 0 Å². The van der Waals surface area contributed by atoms with E-state index in [1.54, 1.807) is 0 Å². The van der Waals surface area contributed by atoms with Gasteiger partial charge in [0.05, 0.1) is 5.56 Å². The third-order valence-electron chi connectivity index (χ3n) is 8.65. The van der Waals surface area contributed by atoms with Crippen LogP contribution >= 0.6 is 0 Å². The Morgan fingerprint density at radius 1 is 0.327 bits per heavy atom. The lowest BCUT2D eigenvalue weighted by atomic mass is 10.1. The molecule has 0 saturated heterocycles. The summed E-state index contributed by atoms with van der Waals surface area (Å²) in [6, 6.07) is 45.3. The average Bonchev–Trinajstić information content (AvgIpc) is 3.90. The van der Waals surface area contributed by atoms with Gasteiger partial charge in [-0.2, -0.15) is 0 Å². The highest BCUT2D eigenvalue weighted by Crippen LogP contribution is 2.36. The van der Waals surface area contributed by atoms with E-state index in [0.717, 1.165) is 72.0 Å². The zero-order valence-electron chi connectivity index (χ0n) is 25.7. The fourth-order valence-electron chi connectivity index (χ4n) is 6.19. The van der Waals surface area contributed by atoms with Crippen LogP contribution in [0.3, 0.4) is 0 Å². The molecule has 6 aromatic carbocycles. The molecule has 0 saturated carbocycles. The van der Waals surface area contributed by atoms with E-state index in [1.165, 1.54) is 0 Å². The molecule has 0 bridgehead atoms. The lowest BCUT2D eigenvalue weighted by Gasteiger charge is -2.09. The van der Waals surface area contributed by atoms with Crippen LogP contribution in [-0.2, 0) is 0 Å². The van der Waals surface area contributed by atoms with Crippen molar-refractivity contribution in [2.24, 2.45) is 0 Å². The molecule has 10 rings (SSSR count). The topological polar surface area (TPSA) is 104 Å². The summed E-state index contributed by atoms with van der Waals surface area (Å²) in [7, 11) is 0. The molecular formula is C41H23N5O3. The molecule has 0 radical (unpaired) electrons. The maximum Gasteiger partial charge on any atom is 0.227 e. The Labute approximate surface area is 278 Å². The van der Waals surface area contributed by atoms with E-state index in [4.69, 9.17) is 28.2 Å². The second-order valence-corrected chi connectivity index (χ2v) is 11.7. The summed E-state index contributed by atoms with van der Waals surface area (Å²) in [5.41, 5.74) is 8.80. The van der Waals surface area contributed by atoms with Crippen LogP contribution in [0.15, 0.2) is 153 Å². The maximum absolute atomic E-state index is 6.37. The van der Waals surface area contributed by atoms with Crippen molar-refractivity contribution in [2.75, 3.05) is 0 Å². The van der Waals surface area contributed by atoms with Gasteiger partial charge in [-0.1, -0.05) is 78.9 Å². The third-order valence-corrected chi connectivity index (χ3v) is 8.65. The van der Waals surface area contributed by atoms with Crippen molar-refractivity contribution in [3.05, 3.63) is 140 Å². The van der Waals surface area contributed by atoms with Gasteiger partial charge in [-0.3, -0.25) is 0 Å². The zero-order valence-corrected chi connectivity index (χ0v) is 25.7. The van der Waals surface area contributed by atoms with Crippen molar-refractivity contribution in [3.63, 3.8) is 0 Å². The summed E-state index contributed by atoms with van der Waals surface area (Å²) in [5, 5.41) is 2.04. The van der Waals surface area contributed by atoms with Gasteiger partial charge in [-0.15, -0.1) is 0 Å². The molecule has 0 aliphatic carbocycles. The molecule has 0 amide bonds. The van der Waals surface area contributed by atoms with Crippen LogP contribution in [0, 0.1) is 0 Å². The maximum atomic E-state index is 6.37. The molecule has 8 heteroatoms. The molecule has 4 aromatic heterocycles. The highest BCUT2D eigenvalue weighted by atomic mass is 16.4. The van der Waals surface area contributed by atoms with Crippen LogP contribution in [-0.4, -0.2) is 24.9 Å². The van der Waals surface area contributed by atoms with Crippen LogP contribution in [0.5, 0.6) is 0 Å². The van der Waals surface area contributed by atoms with Crippen molar-refractivity contribution in [1.82, 2.24) is 24.9 Å². The fraction of sp³-hybridized carbons (Fsp3) is 0. The smallest absolute Gasteiger partial charge is 0.227 e. The monoisotopic (exact) mass is 633 g/mol. The van der Waals surface area contributed by atoms with Crippen LogP contribution in [0.2, 0.25) is 0 Å². The van der Waals surface area contributed by atoms with E-state index in [1.807, 2.05) is 127 Å². The number of aromatic nitrogens is 5. The molecule has 0 aliphatic rings. The summed E-state index contributed by atoms with van der Waals surface area (Å²) < 4.78 is 18.4. The normalized spacial score (nSPS) is 11.7. The number of hydrogen-bond donors (Lipinski definition) is 0. The predicted octanol–water partition coefficient (Wildman–Crippen LogP) is 10.4. The standard InChI is InChI=1S/C41H23N5O3/c1-4-13-33-28(8-1)29-9-7-10-30(36(29)47-33)39-45-37(24-16-20-26(21-17-24)40-42-31-11-2-5-14-34(31)48-40)44-38(46-39)25-18-22-27(23-19-25)41-43-32-12-3-6-15-35(32)49-41/h1-23H. The number of hydrogen-bond acceptors (Lipinski definition) is 8. The Hall–Kier alpha value is -6.93. The van der Waals surface area contributed by atoms with Crippen LogP contribution in [0.1, 0.15) is 0 Å². The molecule has 0 spiro atoms. The minimum absolute atomic E-state index is 0.510. The van der Waals surface area contributed by atoms with Gasteiger partial charge in [0, 0.05) is 33.0 Å². The number of oxazole rings is 2. The first-order valence-electron chi connectivity index (χ1n) is 15.8. The van der Waals surface area contributed by atoms with E-state index in [0.29, 0.717) is 29.3 Å². The van der Waals surface area contributed by atoms with Gasteiger partial charge in [0.25, 0.3) is 0 Å². The van der Waals surface area contributed by atoms with E-state index < -0.39 is 0 Å². The summed E-state index contributed by atoms with van der Waals surface area (Å²) >= 11 is 0. The Morgan fingerprint density at radius 3 is 1.37 bits per heavy atom.